The molecule has 236 valence electrons. The molecule has 4 aromatic carbocycles. The number of hydrogen-bond donors (Lipinski definition) is 3. The molecule has 1 saturated heterocycles. The van der Waals surface area contributed by atoms with Crippen LogP contribution in [0, 0.1) is 11.7 Å². The minimum Gasteiger partial charge on any atom is -0.494 e. The first-order valence-corrected chi connectivity index (χ1v) is 15.5. The van der Waals surface area contributed by atoms with E-state index in [-0.39, 0.29) is 22.7 Å². The molecule has 1 spiro atoms. The lowest BCUT2D eigenvalue weighted by Crippen LogP contribution is -2.51. The van der Waals surface area contributed by atoms with Gasteiger partial charge < -0.3 is 20.5 Å². The van der Waals surface area contributed by atoms with Crippen molar-refractivity contribution in [3.8, 4) is 5.75 Å². The maximum Gasteiger partial charge on any atom is 0.335 e. The molecule has 2 aliphatic rings. The largest absolute Gasteiger partial charge is 0.494 e. The topological polar surface area (TPSA) is 108 Å². The number of likely N-dealkylation sites (tertiary alicyclic amines) is 1. The molecule has 0 aliphatic carbocycles. The van der Waals surface area contributed by atoms with Crippen LogP contribution in [-0.4, -0.2) is 40.4 Å². The third kappa shape index (κ3) is 5.28. The third-order valence-electron chi connectivity index (χ3n) is 8.84. The van der Waals surface area contributed by atoms with E-state index in [9.17, 15) is 19.5 Å². The van der Waals surface area contributed by atoms with Crippen LogP contribution in [0.2, 0.25) is 10.0 Å². The van der Waals surface area contributed by atoms with Crippen molar-refractivity contribution in [2.45, 2.75) is 37.9 Å². The number of hydrogen-bond acceptors (Lipinski definition) is 5. The van der Waals surface area contributed by atoms with Gasteiger partial charge in [0.1, 0.15) is 17.1 Å². The number of amides is 2. The van der Waals surface area contributed by atoms with Crippen LogP contribution < -0.4 is 15.4 Å². The monoisotopic (exact) mass is 661 g/mol. The second kappa shape index (κ2) is 12.4. The normalized spacial score (nSPS) is 22.0. The van der Waals surface area contributed by atoms with E-state index in [0.29, 0.717) is 34.3 Å². The van der Waals surface area contributed by atoms with Crippen LogP contribution in [-0.2, 0) is 21.7 Å². The first-order valence-electron chi connectivity index (χ1n) is 14.7. The van der Waals surface area contributed by atoms with Gasteiger partial charge in [-0.15, -0.1) is 0 Å². The Labute approximate surface area is 275 Å². The fraction of sp³-hybridized carbons (Fsp3) is 0.229. The van der Waals surface area contributed by atoms with Crippen LogP contribution in [0.3, 0.4) is 0 Å². The molecule has 6 rings (SSSR count). The first-order chi connectivity index (χ1) is 22.1. The highest BCUT2D eigenvalue weighted by atomic mass is 35.5. The number of halogens is 3. The summed E-state index contributed by atoms with van der Waals surface area (Å²) in [5, 5.41) is 15.4. The van der Waals surface area contributed by atoms with Gasteiger partial charge in [-0.2, -0.15) is 0 Å². The fourth-order valence-electron chi connectivity index (χ4n) is 6.96. The van der Waals surface area contributed by atoms with Crippen molar-refractivity contribution in [3.63, 3.8) is 0 Å². The maximum absolute atomic E-state index is 16.2. The zero-order valence-corrected chi connectivity index (χ0v) is 26.4. The molecular formula is C35H30Cl2FN3O5. The molecule has 0 radical (unpaired) electrons. The molecule has 8 nitrogen and oxygen atoms in total. The zero-order valence-electron chi connectivity index (χ0n) is 24.9. The van der Waals surface area contributed by atoms with E-state index in [2.05, 4.69) is 10.6 Å². The highest BCUT2D eigenvalue weighted by Gasteiger charge is 2.67. The van der Waals surface area contributed by atoms with Crippen LogP contribution in [0.25, 0.3) is 0 Å². The van der Waals surface area contributed by atoms with Crippen molar-refractivity contribution in [1.29, 1.82) is 0 Å². The maximum atomic E-state index is 16.2. The van der Waals surface area contributed by atoms with E-state index in [0.717, 1.165) is 5.56 Å². The quantitative estimate of drug-likeness (QED) is 0.183. The number of ether oxygens (including phenoxy) is 1. The lowest BCUT2D eigenvalue weighted by molar-refractivity contribution is -0.128. The number of carbonyl (C=O) groups is 3. The van der Waals surface area contributed by atoms with Gasteiger partial charge in [0.2, 0.25) is 11.8 Å². The third-order valence-corrected chi connectivity index (χ3v) is 9.37. The molecule has 4 aromatic rings. The number of fused-ring (bicyclic) bond motifs is 2. The number of aromatic carboxylic acids is 1. The summed E-state index contributed by atoms with van der Waals surface area (Å²) in [6.45, 7) is 4.41. The molecule has 0 saturated carbocycles. The Morgan fingerprint density at radius 1 is 1.04 bits per heavy atom. The van der Waals surface area contributed by atoms with E-state index >= 15 is 4.39 Å². The number of rotatable bonds is 8. The zero-order chi connectivity index (χ0) is 32.7. The number of nitrogens with zero attached hydrogens (tertiary/aromatic N) is 1. The molecule has 0 aromatic heterocycles. The highest BCUT2D eigenvalue weighted by molar-refractivity contribution is 6.31. The van der Waals surface area contributed by atoms with Crippen LogP contribution in [0.1, 0.15) is 46.8 Å². The summed E-state index contributed by atoms with van der Waals surface area (Å²) < 4.78 is 21.9. The highest BCUT2D eigenvalue weighted by Crippen LogP contribution is 2.60. The predicted octanol–water partition coefficient (Wildman–Crippen LogP) is 7.32. The van der Waals surface area contributed by atoms with E-state index in [1.165, 1.54) is 30.3 Å². The average molecular weight is 663 g/mol. The molecule has 2 aliphatic heterocycles. The number of carboxylic acid groups (broad SMARTS) is 1. The Morgan fingerprint density at radius 3 is 2.50 bits per heavy atom. The van der Waals surface area contributed by atoms with Crippen LogP contribution in [0.4, 0.5) is 15.8 Å². The van der Waals surface area contributed by atoms with Gasteiger partial charge in [-0.3, -0.25) is 14.5 Å². The molecule has 2 amide bonds. The van der Waals surface area contributed by atoms with Gasteiger partial charge in [0.25, 0.3) is 0 Å². The van der Waals surface area contributed by atoms with Crippen molar-refractivity contribution in [1.82, 2.24) is 4.90 Å². The Morgan fingerprint density at radius 2 is 1.78 bits per heavy atom. The van der Waals surface area contributed by atoms with E-state index in [1.54, 1.807) is 30.3 Å². The van der Waals surface area contributed by atoms with E-state index in [1.807, 2.05) is 43.0 Å². The van der Waals surface area contributed by atoms with Crippen molar-refractivity contribution >= 4 is 52.4 Å². The molecule has 4 atom stereocenters. The van der Waals surface area contributed by atoms with Crippen molar-refractivity contribution in [3.05, 3.63) is 123 Å². The van der Waals surface area contributed by atoms with Gasteiger partial charge in [-0.1, -0.05) is 53.5 Å². The molecule has 1 fully saturated rings. The van der Waals surface area contributed by atoms with Crippen molar-refractivity contribution in [2.24, 2.45) is 5.92 Å². The van der Waals surface area contributed by atoms with Gasteiger partial charge in [-0.25, -0.2) is 9.18 Å². The van der Waals surface area contributed by atoms with Gasteiger partial charge in [0.05, 0.1) is 23.1 Å². The molecule has 1 unspecified atom stereocenters. The lowest BCUT2D eigenvalue weighted by atomic mass is 9.71. The summed E-state index contributed by atoms with van der Waals surface area (Å²) in [7, 11) is 0. The van der Waals surface area contributed by atoms with E-state index < -0.39 is 47.0 Å². The predicted molar refractivity (Wildman–Crippen MR) is 174 cm³/mol. The van der Waals surface area contributed by atoms with Crippen LogP contribution in [0.5, 0.6) is 5.75 Å². The molecule has 3 N–H and O–H groups in total. The lowest BCUT2D eigenvalue weighted by Gasteiger charge is -2.39. The number of carbonyl (C=O) groups excluding carboxylic acids is 2. The Balaban J connectivity index is 1.55. The number of nitrogens with one attached hydrogen (secondary N) is 2. The first kappa shape index (κ1) is 31.5. The smallest absolute Gasteiger partial charge is 0.335 e. The second-order valence-electron chi connectivity index (χ2n) is 11.4. The number of carboxylic acids is 1. The summed E-state index contributed by atoms with van der Waals surface area (Å²) in [6, 6.07) is 22.2. The summed E-state index contributed by atoms with van der Waals surface area (Å²) in [5.41, 5.74) is 0.820. The van der Waals surface area contributed by atoms with Crippen molar-refractivity contribution in [2.75, 3.05) is 17.2 Å². The fourth-order valence-corrected chi connectivity index (χ4v) is 7.31. The molecular weight excluding hydrogens is 632 g/mol. The Hall–Kier alpha value is -4.44. The molecule has 0 bridgehead atoms. The Bertz CT molecular complexity index is 1850. The number of anilines is 2. The van der Waals surface area contributed by atoms with Gasteiger partial charge >= 0.3 is 5.97 Å². The minimum atomic E-state index is -1.55. The average Bonchev–Trinajstić information content (AvgIpc) is 3.45. The van der Waals surface area contributed by atoms with Crippen molar-refractivity contribution < 1.29 is 28.6 Å². The van der Waals surface area contributed by atoms with Gasteiger partial charge in [0.15, 0.2) is 0 Å². The van der Waals surface area contributed by atoms with E-state index in [4.69, 9.17) is 27.9 Å². The summed E-state index contributed by atoms with van der Waals surface area (Å²) in [5.74, 6) is -4.09. The van der Waals surface area contributed by atoms with Gasteiger partial charge in [-0.05, 0) is 79.6 Å². The summed E-state index contributed by atoms with van der Waals surface area (Å²) in [6.07, 6.45) is 0. The van der Waals surface area contributed by atoms with Gasteiger partial charge in [0, 0.05) is 40.5 Å². The Kier molecular flexibility index (Phi) is 8.50. The summed E-state index contributed by atoms with van der Waals surface area (Å²) in [4.78, 5) is 42.3. The molecule has 2 heterocycles. The molecule has 11 heteroatoms. The standard InChI is InChI=1S/C35H30Cl2FN3O5/c1-3-46-24-7-4-6-20(16-24)18-41-19(2)29(32(42)39-23-13-10-21(11-14-23)33(43)44)30(25-8-5-9-27(37)31(25)38)35(41)26-15-12-22(36)17-28(26)40-34(35)45/h4-17,19,29-30H,3,18H2,1-2H3,(H,39,42)(H,40,45)(H,43,44)/t19?,29-,30+,35-/m1/s1. The minimum absolute atomic E-state index is 0.0587. The SMILES string of the molecule is CCOc1cccc(CN2C(C)[C@@H](C(=O)Nc3ccc(C(=O)O)cc3)[C@H](c3cccc(Cl)c3F)[C@]23C(=O)Nc2cc(Cl)ccc23)c1. The summed E-state index contributed by atoms with van der Waals surface area (Å²) >= 11 is 12.7. The van der Waals surface area contributed by atoms with Crippen LogP contribution in [0.15, 0.2) is 84.9 Å². The number of benzene rings is 4. The van der Waals surface area contributed by atoms with Crippen LogP contribution >= 0.6 is 23.2 Å². The molecule has 46 heavy (non-hydrogen) atoms. The second-order valence-corrected chi connectivity index (χ2v) is 12.2.